The largest absolute Gasteiger partial charge is 0.466 e. The van der Waals surface area contributed by atoms with Gasteiger partial charge in [0.1, 0.15) is 5.54 Å². The summed E-state index contributed by atoms with van der Waals surface area (Å²) in [4.78, 5) is 17.0. The molecule has 0 spiro atoms. The first-order valence-electron chi connectivity index (χ1n) is 13.2. The summed E-state index contributed by atoms with van der Waals surface area (Å²) < 4.78 is 7.43. The van der Waals surface area contributed by atoms with Crippen molar-refractivity contribution in [3.8, 4) is 11.3 Å². The second kappa shape index (κ2) is 10.1. The number of rotatable bonds is 8. The van der Waals surface area contributed by atoms with Crippen LogP contribution in [0.4, 0.5) is 0 Å². The summed E-state index contributed by atoms with van der Waals surface area (Å²) >= 11 is 0. The Labute approximate surface area is 223 Å². The first-order chi connectivity index (χ1) is 18.7. The smallest absolute Gasteiger partial charge is 0.309 e. The number of benzene rings is 4. The van der Waals surface area contributed by atoms with Crippen molar-refractivity contribution in [2.75, 3.05) is 6.61 Å². The van der Waals surface area contributed by atoms with Gasteiger partial charge in [-0.05, 0) is 41.5 Å². The molecule has 0 aliphatic heterocycles. The van der Waals surface area contributed by atoms with Crippen LogP contribution in [0.25, 0.3) is 11.3 Å². The molecule has 5 aromatic rings. The van der Waals surface area contributed by atoms with Crippen LogP contribution in [0.2, 0.25) is 0 Å². The lowest BCUT2D eigenvalue weighted by Gasteiger charge is -2.37. The molecule has 0 bridgehead atoms. The van der Waals surface area contributed by atoms with Crippen LogP contribution in [0.15, 0.2) is 128 Å². The lowest BCUT2D eigenvalue weighted by Crippen LogP contribution is -2.36. The fourth-order valence-electron chi connectivity index (χ4n) is 5.61. The summed E-state index contributed by atoms with van der Waals surface area (Å²) in [6.07, 6.45) is 4.94. The van der Waals surface area contributed by atoms with Crippen LogP contribution in [0.1, 0.15) is 41.5 Å². The minimum Gasteiger partial charge on any atom is -0.466 e. The van der Waals surface area contributed by atoms with Gasteiger partial charge in [0.25, 0.3) is 0 Å². The normalized spacial score (nSPS) is 16.7. The molecule has 38 heavy (non-hydrogen) atoms. The Hall–Kier alpha value is -4.44. The van der Waals surface area contributed by atoms with Crippen molar-refractivity contribution in [2.24, 2.45) is 5.92 Å². The topological polar surface area (TPSA) is 44.1 Å². The highest BCUT2D eigenvalue weighted by Crippen LogP contribution is 2.48. The van der Waals surface area contributed by atoms with Crippen LogP contribution in [0.3, 0.4) is 0 Å². The number of hydrogen-bond donors (Lipinski definition) is 0. The first kappa shape index (κ1) is 23.9. The molecule has 1 aliphatic carbocycles. The highest BCUT2D eigenvalue weighted by Gasteiger charge is 2.45. The van der Waals surface area contributed by atoms with Crippen molar-refractivity contribution < 1.29 is 9.53 Å². The van der Waals surface area contributed by atoms with Crippen molar-refractivity contribution in [1.29, 1.82) is 0 Å². The van der Waals surface area contributed by atoms with E-state index in [0.717, 1.165) is 34.4 Å². The van der Waals surface area contributed by atoms with Crippen LogP contribution in [0.5, 0.6) is 0 Å². The molecule has 0 saturated heterocycles. The van der Waals surface area contributed by atoms with Gasteiger partial charge in [-0.3, -0.25) is 4.79 Å². The second-order valence-electron chi connectivity index (χ2n) is 9.80. The van der Waals surface area contributed by atoms with Crippen LogP contribution < -0.4 is 0 Å². The average molecular weight is 499 g/mol. The van der Waals surface area contributed by atoms with Crippen LogP contribution in [0, 0.1) is 5.92 Å². The van der Waals surface area contributed by atoms with Gasteiger partial charge in [-0.2, -0.15) is 0 Å². The Morgan fingerprint density at radius 3 is 1.84 bits per heavy atom. The summed E-state index contributed by atoms with van der Waals surface area (Å²) in [5, 5.41) is 0. The number of carbonyl (C=O) groups is 1. The number of ether oxygens (including phenoxy) is 1. The van der Waals surface area contributed by atoms with Gasteiger partial charge in [-0.1, -0.05) is 115 Å². The predicted molar refractivity (Wildman–Crippen MR) is 150 cm³/mol. The summed E-state index contributed by atoms with van der Waals surface area (Å²) in [6, 6.07) is 40.3. The van der Waals surface area contributed by atoms with Crippen LogP contribution >= 0.6 is 0 Å². The highest BCUT2D eigenvalue weighted by molar-refractivity contribution is 5.77. The van der Waals surface area contributed by atoms with E-state index >= 15 is 0 Å². The van der Waals surface area contributed by atoms with Crippen molar-refractivity contribution in [3.05, 3.63) is 150 Å². The molecule has 0 radical (unpaired) electrons. The molecule has 1 heterocycles. The fraction of sp³-hybridized carbons (Fsp3) is 0.176. The Balaban J connectivity index is 1.41. The van der Waals surface area contributed by atoms with E-state index in [-0.39, 0.29) is 17.8 Å². The van der Waals surface area contributed by atoms with E-state index in [4.69, 9.17) is 9.72 Å². The number of carbonyl (C=O) groups excluding carboxylic acids is 1. The second-order valence-corrected chi connectivity index (χ2v) is 9.80. The van der Waals surface area contributed by atoms with Crippen molar-refractivity contribution in [3.63, 3.8) is 0 Å². The average Bonchev–Trinajstić information content (AvgIpc) is 3.64. The standard InChI is InChI=1S/C34H30N2O2/c1-2-38-33(37)31-22-30(31)25-18-20-26(21-19-25)32-23-36(24-35-32)34(27-12-6-3-7-13-27,28-14-8-4-9-15-28)29-16-10-5-11-17-29/h3-21,23-24,30-31H,2,22H2,1H3/t30-,31?/m1/s1. The highest BCUT2D eigenvalue weighted by atomic mass is 16.5. The van der Waals surface area contributed by atoms with Gasteiger partial charge in [0.05, 0.1) is 24.5 Å². The monoisotopic (exact) mass is 498 g/mol. The van der Waals surface area contributed by atoms with Crippen molar-refractivity contribution in [1.82, 2.24) is 9.55 Å². The molecule has 4 nitrogen and oxygen atoms in total. The van der Waals surface area contributed by atoms with E-state index in [1.165, 1.54) is 5.56 Å². The van der Waals surface area contributed by atoms with Crippen LogP contribution in [-0.4, -0.2) is 22.1 Å². The van der Waals surface area contributed by atoms with Gasteiger partial charge < -0.3 is 9.30 Å². The molecule has 4 aromatic carbocycles. The van der Waals surface area contributed by atoms with Gasteiger partial charge in [0.15, 0.2) is 0 Å². The van der Waals surface area contributed by atoms with Gasteiger partial charge in [-0.25, -0.2) is 4.98 Å². The minimum atomic E-state index is -0.587. The molecule has 0 amide bonds. The van der Waals surface area contributed by atoms with Crippen LogP contribution in [-0.2, 0) is 15.1 Å². The number of nitrogens with zero attached hydrogens (tertiary/aromatic N) is 2. The third kappa shape index (κ3) is 4.22. The number of aromatic nitrogens is 2. The van der Waals surface area contributed by atoms with E-state index in [2.05, 4.69) is 126 Å². The SMILES string of the molecule is CCOC(=O)C1C[C@@H]1c1ccc(-c2cn(C(c3ccccc3)(c3ccccc3)c3ccccc3)cn2)cc1. The molecular formula is C34H30N2O2. The fourth-order valence-corrected chi connectivity index (χ4v) is 5.61. The predicted octanol–water partition coefficient (Wildman–Crippen LogP) is 7.06. The Morgan fingerprint density at radius 1 is 0.816 bits per heavy atom. The maximum Gasteiger partial charge on any atom is 0.309 e. The first-order valence-corrected chi connectivity index (χ1v) is 13.2. The van der Waals surface area contributed by atoms with E-state index in [0.29, 0.717) is 6.61 Å². The van der Waals surface area contributed by atoms with E-state index in [1.807, 2.05) is 13.3 Å². The molecule has 1 saturated carbocycles. The van der Waals surface area contributed by atoms with E-state index in [9.17, 15) is 4.79 Å². The number of imidazole rings is 1. The molecule has 2 atom stereocenters. The molecule has 1 unspecified atom stereocenters. The lowest BCUT2D eigenvalue weighted by molar-refractivity contribution is -0.144. The quantitative estimate of drug-likeness (QED) is 0.170. The third-order valence-corrected chi connectivity index (χ3v) is 7.56. The van der Waals surface area contributed by atoms with Crippen molar-refractivity contribution >= 4 is 5.97 Å². The minimum absolute atomic E-state index is 0.0109. The molecular weight excluding hydrogens is 468 g/mol. The third-order valence-electron chi connectivity index (χ3n) is 7.56. The number of esters is 1. The summed E-state index contributed by atoms with van der Waals surface area (Å²) in [5.74, 6) is 0.158. The number of hydrogen-bond acceptors (Lipinski definition) is 3. The maximum absolute atomic E-state index is 12.1. The zero-order valence-electron chi connectivity index (χ0n) is 21.4. The Morgan fingerprint density at radius 2 is 1.34 bits per heavy atom. The zero-order valence-corrected chi connectivity index (χ0v) is 21.4. The molecule has 1 fully saturated rings. The molecule has 0 N–H and O–H groups in total. The lowest BCUT2D eigenvalue weighted by atomic mass is 9.77. The maximum atomic E-state index is 12.1. The molecule has 1 aromatic heterocycles. The van der Waals surface area contributed by atoms with E-state index < -0.39 is 5.54 Å². The molecule has 188 valence electrons. The van der Waals surface area contributed by atoms with Gasteiger partial charge in [-0.15, -0.1) is 0 Å². The van der Waals surface area contributed by atoms with Crippen molar-refractivity contribution in [2.45, 2.75) is 24.8 Å². The Kier molecular flexibility index (Phi) is 6.38. The van der Waals surface area contributed by atoms with E-state index in [1.54, 1.807) is 0 Å². The zero-order chi connectivity index (χ0) is 26.0. The molecule has 4 heteroatoms. The molecule has 1 aliphatic rings. The van der Waals surface area contributed by atoms with Gasteiger partial charge in [0, 0.05) is 11.8 Å². The summed E-state index contributed by atoms with van der Waals surface area (Å²) in [6.45, 7) is 2.28. The summed E-state index contributed by atoms with van der Waals surface area (Å²) in [7, 11) is 0. The summed E-state index contributed by atoms with van der Waals surface area (Å²) in [5.41, 5.74) is 6.03. The van der Waals surface area contributed by atoms with Gasteiger partial charge >= 0.3 is 5.97 Å². The van der Waals surface area contributed by atoms with Gasteiger partial charge in [0.2, 0.25) is 0 Å². The molecule has 6 rings (SSSR count). The Bertz CT molecular complexity index is 1410.